The Kier molecular flexibility index (Phi) is 19.7. The fourth-order valence-corrected chi connectivity index (χ4v) is 16.0. The summed E-state index contributed by atoms with van der Waals surface area (Å²) in [6, 6.07) is 16.7. The van der Waals surface area contributed by atoms with Gasteiger partial charge >= 0.3 is 0 Å². The third-order valence-corrected chi connectivity index (χ3v) is 21.4. The highest BCUT2D eigenvalue weighted by atomic mass is 35.5. The van der Waals surface area contributed by atoms with Crippen LogP contribution in [0.25, 0.3) is 30.6 Å². The summed E-state index contributed by atoms with van der Waals surface area (Å²) in [6.07, 6.45) is 11.6. The van der Waals surface area contributed by atoms with Crippen molar-refractivity contribution < 1.29 is 23.9 Å². The van der Waals surface area contributed by atoms with Crippen LogP contribution in [0.3, 0.4) is 0 Å². The number of fused-ring (bicyclic) bond motifs is 3. The largest absolute Gasteiger partial charge is 0.381 e. The molecule has 2 aromatic carbocycles. The fraction of sp³-hybridized carbons (Fsp3) is 0.468. The number of aryl methyl sites for hydroxylation is 1. The monoisotopic (exact) mass is 1200 g/mol. The Morgan fingerprint density at radius 1 is 0.532 bits per heavy atom. The minimum atomic E-state index is -0.0656. The van der Waals surface area contributed by atoms with E-state index in [4.69, 9.17) is 55.9 Å². The lowest BCUT2D eigenvalue weighted by Crippen LogP contribution is -2.38. The van der Waals surface area contributed by atoms with Gasteiger partial charge in [0.25, 0.3) is 0 Å². The van der Waals surface area contributed by atoms with Gasteiger partial charge in [-0.25, -0.2) is 0 Å². The van der Waals surface area contributed by atoms with Crippen LogP contribution in [0.5, 0.6) is 0 Å². The van der Waals surface area contributed by atoms with Crippen LogP contribution in [0.1, 0.15) is 123 Å². The van der Waals surface area contributed by atoms with Gasteiger partial charge in [0.15, 0.2) is 17.3 Å². The Balaban J connectivity index is 0.000000134. The molecule has 6 aromatic heterocycles. The molecule has 0 radical (unpaired) electrons. The van der Waals surface area contributed by atoms with Crippen LogP contribution < -0.4 is 0 Å². The van der Waals surface area contributed by atoms with Crippen LogP contribution in [-0.2, 0) is 29.1 Å². The Hall–Kier alpha value is -3.83. The number of halogens is 4. The number of Topliss-reactive ketones (excluding diaryl/α,β-unsaturated/α-hetero) is 1. The number of carbonyl (C=O) groups is 3. The lowest BCUT2D eigenvalue weighted by molar-refractivity contribution is 0.0365. The number of hydrogen-bond donors (Lipinski definition) is 0. The van der Waals surface area contributed by atoms with Crippen molar-refractivity contribution in [3.05, 3.63) is 136 Å². The van der Waals surface area contributed by atoms with Crippen LogP contribution in [0, 0.1) is 38.5 Å². The van der Waals surface area contributed by atoms with E-state index in [2.05, 4.69) is 54.3 Å². The summed E-state index contributed by atoms with van der Waals surface area (Å²) in [7, 11) is 2.19. The normalized spacial score (nSPS) is 17.3. The number of ether oxygens (including phenoxy) is 2. The molecule has 8 aromatic rings. The zero-order valence-corrected chi connectivity index (χ0v) is 51.2. The quantitative estimate of drug-likeness (QED) is 0.100. The SMILES string of the molecule is Cc1c(C(=O)C2CCCCC2)c2ccsc2n1CCN1CCOCC1.Cc1c(C(=O)c2cccc(Cl)c2Cl)c2ccsc2n1CC1CCOCC1.Cc1c(C(=O)c2cccc(Cl)c2Cl)c2ccsc2n1CCC1CCN(C)CC1. The molecule has 79 heavy (non-hydrogen) atoms. The van der Waals surface area contributed by atoms with Crippen molar-refractivity contribution in [3.63, 3.8) is 0 Å². The van der Waals surface area contributed by atoms with Crippen molar-refractivity contribution >= 4 is 128 Å². The van der Waals surface area contributed by atoms with Gasteiger partial charge in [0.05, 0.1) is 44.4 Å². The molecule has 0 amide bonds. The molecule has 0 bridgehead atoms. The molecule has 3 saturated heterocycles. The number of benzene rings is 2. The molecule has 420 valence electrons. The van der Waals surface area contributed by atoms with E-state index >= 15 is 0 Å². The van der Waals surface area contributed by atoms with E-state index in [1.165, 1.54) is 65.9 Å². The van der Waals surface area contributed by atoms with Gasteiger partial charge in [0, 0.05) is 108 Å². The number of thiophene rings is 3. The van der Waals surface area contributed by atoms with Gasteiger partial charge < -0.3 is 28.1 Å². The van der Waals surface area contributed by atoms with Crippen molar-refractivity contribution in [2.75, 3.05) is 66.2 Å². The van der Waals surface area contributed by atoms with Crippen LogP contribution in [0.15, 0.2) is 70.7 Å². The Morgan fingerprint density at radius 2 is 1.01 bits per heavy atom. The molecule has 0 unspecified atom stereocenters. The van der Waals surface area contributed by atoms with E-state index in [1.807, 2.05) is 31.4 Å². The van der Waals surface area contributed by atoms with Crippen molar-refractivity contribution in [1.29, 1.82) is 0 Å². The first-order valence-corrected chi connectivity index (χ1v) is 32.2. The second kappa shape index (κ2) is 26.6. The minimum absolute atomic E-state index is 0.0496. The molecule has 1 saturated carbocycles. The number of piperidine rings is 1. The van der Waals surface area contributed by atoms with E-state index in [0.29, 0.717) is 42.9 Å². The van der Waals surface area contributed by atoms with Crippen molar-refractivity contribution in [1.82, 2.24) is 23.5 Å². The topological polar surface area (TPSA) is 90.9 Å². The summed E-state index contributed by atoms with van der Waals surface area (Å²) in [6.45, 7) is 17.8. The van der Waals surface area contributed by atoms with Crippen molar-refractivity contribution in [2.45, 2.75) is 105 Å². The maximum atomic E-state index is 13.4. The maximum Gasteiger partial charge on any atom is 0.197 e. The number of nitrogens with zero attached hydrogens (tertiary/aromatic N) is 5. The van der Waals surface area contributed by atoms with E-state index in [0.717, 1.165) is 147 Å². The summed E-state index contributed by atoms with van der Waals surface area (Å²) < 4.78 is 17.9. The molecule has 1 aliphatic carbocycles. The molecule has 10 nitrogen and oxygen atoms in total. The highest BCUT2D eigenvalue weighted by Gasteiger charge is 2.30. The predicted octanol–water partition coefficient (Wildman–Crippen LogP) is 16.4. The number of hydrogen-bond acceptors (Lipinski definition) is 10. The summed E-state index contributed by atoms with van der Waals surface area (Å²) in [5.74, 6) is 1.86. The smallest absolute Gasteiger partial charge is 0.197 e. The van der Waals surface area contributed by atoms with Crippen molar-refractivity contribution in [3.8, 4) is 0 Å². The second-order valence-corrected chi connectivity index (χ2v) is 26.1. The molecule has 0 N–H and O–H groups in total. The zero-order chi connectivity index (χ0) is 55.3. The number of likely N-dealkylation sites (tertiary alicyclic amines) is 1. The minimum Gasteiger partial charge on any atom is -0.381 e. The molecule has 9 heterocycles. The predicted molar refractivity (Wildman–Crippen MR) is 330 cm³/mol. The second-order valence-electron chi connectivity index (χ2n) is 21.8. The first-order chi connectivity index (χ1) is 38.3. The van der Waals surface area contributed by atoms with Crippen LogP contribution in [-0.4, -0.2) is 107 Å². The van der Waals surface area contributed by atoms with Crippen LogP contribution in [0.4, 0.5) is 0 Å². The van der Waals surface area contributed by atoms with Gasteiger partial charge in [-0.2, -0.15) is 0 Å². The molecular formula is C62H71Cl4N5O5S3. The summed E-state index contributed by atoms with van der Waals surface area (Å²) in [5.41, 5.74) is 6.61. The van der Waals surface area contributed by atoms with Gasteiger partial charge in [0.1, 0.15) is 14.5 Å². The Labute approximate surface area is 496 Å². The maximum absolute atomic E-state index is 13.4. The lowest BCUT2D eigenvalue weighted by atomic mass is 9.83. The van der Waals surface area contributed by atoms with Crippen LogP contribution >= 0.6 is 80.4 Å². The summed E-state index contributed by atoms with van der Waals surface area (Å²) in [4.78, 5) is 48.3. The first kappa shape index (κ1) is 58.4. The van der Waals surface area contributed by atoms with Gasteiger partial charge in [-0.3, -0.25) is 19.3 Å². The summed E-state index contributed by atoms with van der Waals surface area (Å²) >= 11 is 30.0. The molecular weight excluding hydrogens is 1130 g/mol. The average molecular weight is 1200 g/mol. The van der Waals surface area contributed by atoms with E-state index in [1.54, 1.807) is 70.4 Å². The third-order valence-electron chi connectivity index (χ3n) is 17.0. The molecule has 4 fully saturated rings. The standard InChI is InChI=1S/C22H24Cl2N2OS.C20H19Cl2NO2S.C20H28N2O2S/c1-14-19(21(27)17-4-3-5-18(23)20(17)24)16-9-13-28-22(16)26(14)12-8-15-6-10-25(2)11-7-15;1-12-17(19(24)15-3-2-4-16(21)18(15)22)14-7-10-26-20(14)23(12)11-13-5-8-25-9-6-13;1-15-18(19(23)16-5-3-2-4-6-16)17-7-14-25-20(17)22(15)9-8-21-10-12-24-13-11-21/h3-5,9,13,15H,6-8,10-12H2,1-2H3;2-4,7,10,13H,5-6,8-9,11H2,1H3;7,14,16H,2-6,8-13H2,1H3. The molecule has 12 rings (SSSR count). The highest BCUT2D eigenvalue weighted by molar-refractivity contribution is 7.17. The number of ketones is 3. The van der Waals surface area contributed by atoms with Gasteiger partial charge in [-0.1, -0.05) is 77.8 Å². The zero-order valence-electron chi connectivity index (χ0n) is 45.7. The Morgan fingerprint density at radius 3 is 1.57 bits per heavy atom. The number of rotatable bonds is 14. The van der Waals surface area contributed by atoms with E-state index in [-0.39, 0.29) is 17.5 Å². The molecule has 17 heteroatoms. The van der Waals surface area contributed by atoms with Gasteiger partial charge in [0.2, 0.25) is 0 Å². The highest BCUT2D eigenvalue weighted by Crippen LogP contribution is 2.39. The van der Waals surface area contributed by atoms with Gasteiger partial charge in [-0.15, -0.1) is 34.0 Å². The lowest BCUT2D eigenvalue weighted by Gasteiger charge is -2.29. The van der Waals surface area contributed by atoms with Crippen molar-refractivity contribution in [2.24, 2.45) is 17.8 Å². The molecule has 0 atom stereocenters. The Bertz CT molecular complexity index is 3430. The summed E-state index contributed by atoms with van der Waals surface area (Å²) in [5, 5.41) is 10.9. The molecule has 0 spiro atoms. The van der Waals surface area contributed by atoms with E-state index < -0.39 is 0 Å². The first-order valence-electron chi connectivity index (χ1n) is 28.1. The average Bonchev–Trinajstić information content (AvgIpc) is 4.47. The van der Waals surface area contributed by atoms with Gasteiger partial charge in [-0.05, 0) is 156 Å². The van der Waals surface area contributed by atoms with Crippen LogP contribution in [0.2, 0.25) is 20.1 Å². The number of morpholine rings is 1. The third kappa shape index (κ3) is 12.7. The fourth-order valence-electron chi connectivity index (χ4n) is 12.3. The molecule has 4 aliphatic rings. The number of aromatic nitrogens is 3. The molecule has 3 aliphatic heterocycles. The number of carbonyl (C=O) groups excluding carboxylic acids is 3. The van der Waals surface area contributed by atoms with E-state index in [9.17, 15) is 14.4 Å².